The summed E-state index contributed by atoms with van der Waals surface area (Å²) in [7, 11) is 1.58. The van der Waals surface area contributed by atoms with Gasteiger partial charge in [0.2, 0.25) is 0 Å². The third-order valence-corrected chi connectivity index (χ3v) is 10.2. The first-order chi connectivity index (χ1) is 18.6. The van der Waals surface area contributed by atoms with Crippen molar-refractivity contribution in [3.8, 4) is 11.8 Å². The zero-order chi connectivity index (χ0) is 27.7. The van der Waals surface area contributed by atoms with Gasteiger partial charge in [0, 0.05) is 18.4 Å². The van der Waals surface area contributed by atoms with E-state index in [1.807, 2.05) is 29.6 Å². The number of nitrogens with one attached hydrogen (secondary N) is 2. The fraction of sp³-hybridized carbons (Fsp3) is 0.393. The van der Waals surface area contributed by atoms with E-state index in [1.54, 1.807) is 23.5 Å². The number of aromatic nitrogens is 1. The third kappa shape index (κ3) is 6.33. The van der Waals surface area contributed by atoms with Gasteiger partial charge in [-0.05, 0) is 49.9 Å². The highest BCUT2D eigenvalue weighted by atomic mass is 32.1. The molecule has 206 valence electrons. The van der Waals surface area contributed by atoms with Crippen LogP contribution in [0.3, 0.4) is 0 Å². The number of anilines is 2. The molecule has 2 N–H and O–H groups in total. The van der Waals surface area contributed by atoms with E-state index >= 15 is 0 Å². The second-order valence-corrected chi connectivity index (χ2v) is 14.1. The van der Waals surface area contributed by atoms with E-state index in [2.05, 4.69) is 46.9 Å². The van der Waals surface area contributed by atoms with Crippen LogP contribution in [0, 0.1) is 11.8 Å². The highest BCUT2D eigenvalue weighted by Crippen LogP contribution is 2.40. The summed E-state index contributed by atoms with van der Waals surface area (Å²) in [5.41, 5.74) is 4.56. The minimum Gasteiger partial charge on any atom is -0.378 e. The molecule has 0 radical (unpaired) electrons. The number of hydrogen-bond donors (Lipinski definition) is 2. The van der Waals surface area contributed by atoms with E-state index in [-0.39, 0.29) is 26.1 Å². The molecule has 0 aliphatic carbocycles. The van der Waals surface area contributed by atoms with Gasteiger partial charge in [-0.3, -0.25) is 0 Å². The molecule has 1 fully saturated rings. The van der Waals surface area contributed by atoms with Gasteiger partial charge in [0.25, 0.3) is 0 Å². The predicted molar refractivity (Wildman–Crippen MR) is 159 cm³/mol. The molecule has 39 heavy (non-hydrogen) atoms. The molecule has 4 aromatic rings. The smallest absolute Gasteiger partial charge is 0.378 e. The highest BCUT2D eigenvalue weighted by molar-refractivity contribution is 7.64. The van der Waals surface area contributed by atoms with Crippen LogP contribution in [0.15, 0.2) is 35.8 Å². The maximum atomic E-state index is 14.7. The normalized spacial score (nSPS) is 18.5. The van der Waals surface area contributed by atoms with E-state index < -0.39 is 18.8 Å². The van der Waals surface area contributed by atoms with Crippen LogP contribution in [0.25, 0.3) is 20.3 Å². The molecule has 2 aromatic heterocycles. The number of hydrogen-bond acceptors (Lipinski definition) is 6. The number of likely N-dealkylation sites (tertiary alicyclic amines) is 1. The number of alkyl halides is 4. The molecule has 0 unspecified atom stereocenters. The summed E-state index contributed by atoms with van der Waals surface area (Å²) in [6.45, 7) is 5.75. The lowest BCUT2D eigenvalue weighted by molar-refractivity contribution is -0.126. The molecular weight excluding hydrogens is 563 g/mol. The Morgan fingerprint density at radius 1 is 1.15 bits per heavy atom. The average molecular weight is 593 g/mol. The lowest BCUT2D eigenvalue weighted by Crippen LogP contribution is -2.46. The number of halogens is 4. The van der Waals surface area contributed by atoms with Gasteiger partial charge >= 0.3 is 6.18 Å². The fourth-order valence-corrected chi connectivity index (χ4v) is 7.90. The van der Waals surface area contributed by atoms with Gasteiger partial charge < -0.3 is 15.5 Å². The molecule has 5 rings (SSSR count). The number of nitrogens with zero attached hydrogens (tertiary/aromatic N) is 2. The summed E-state index contributed by atoms with van der Waals surface area (Å²) in [6, 6.07) is 8.95. The van der Waals surface area contributed by atoms with Crippen molar-refractivity contribution in [2.24, 2.45) is 0 Å². The summed E-state index contributed by atoms with van der Waals surface area (Å²) in [5.74, 6) is 6.03. The molecule has 1 aliphatic heterocycles. The summed E-state index contributed by atoms with van der Waals surface area (Å²) in [6.07, 6.45) is -5.87. The molecule has 3 heterocycles. The van der Waals surface area contributed by atoms with Crippen LogP contribution < -0.4 is 15.9 Å². The SMILES string of the molecule is CN1CC[C@@H](Nc2cccc3c(CC(F)(F)F)c(C#CCNc4ccc(P(C)C)c5ncsc45)sc23)[C@@H](F)C1. The van der Waals surface area contributed by atoms with Crippen LogP contribution in [0.2, 0.25) is 0 Å². The summed E-state index contributed by atoms with van der Waals surface area (Å²) in [5, 5.41) is 8.34. The Labute approximate surface area is 234 Å². The van der Waals surface area contributed by atoms with Crippen molar-refractivity contribution >= 4 is 67.6 Å². The molecule has 1 aliphatic rings. The molecule has 0 bridgehead atoms. The van der Waals surface area contributed by atoms with Crippen molar-refractivity contribution in [2.45, 2.75) is 31.2 Å². The van der Waals surface area contributed by atoms with Gasteiger partial charge in [0.05, 0.1) is 55.7 Å². The fourth-order valence-electron chi connectivity index (χ4n) is 4.88. The van der Waals surface area contributed by atoms with Gasteiger partial charge in [0.1, 0.15) is 6.17 Å². The van der Waals surface area contributed by atoms with Crippen LogP contribution >= 0.6 is 30.6 Å². The number of piperidine rings is 1. The summed E-state index contributed by atoms with van der Waals surface area (Å²) in [4.78, 5) is 6.86. The van der Waals surface area contributed by atoms with Crippen molar-refractivity contribution in [1.29, 1.82) is 0 Å². The number of thiophene rings is 1. The van der Waals surface area contributed by atoms with Crippen molar-refractivity contribution in [2.75, 3.05) is 50.6 Å². The van der Waals surface area contributed by atoms with E-state index in [4.69, 9.17) is 0 Å². The molecule has 2 atom stereocenters. The second kappa shape index (κ2) is 11.6. The molecule has 4 nitrogen and oxygen atoms in total. The Hall–Kier alpha value is -2.44. The average Bonchev–Trinajstić information content (AvgIpc) is 3.49. The Kier molecular flexibility index (Phi) is 8.34. The number of thiazole rings is 1. The van der Waals surface area contributed by atoms with Gasteiger partial charge in [-0.25, -0.2) is 9.37 Å². The van der Waals surface area contributed by atoms with Gasteiger partial charge in [0.15, 0.2) is 0 Å². The third-order valence-electron chi connectivity index (χ3n) is 6.79. The Bertz CT molecular complexity index is 1540. The highest BCUT2D eigenvalue weighted by Gasteiger charge is 2.32. The zero-order valence-corrected chi connectivity index (χ0v) is 24.4. The summed E-state index contributed by atoms with van der Waals surface area (Å²) < 4.78 is 57.2. The van der Waals surface area contributed by atoms with Crippen molar-refractivity contribution in [1.82, 2.24) is 9.88 Å². The first-order valence-corrected chi connectivity index (χ1v) is 16.5. The van der Waals surface area contributed by atoms with Gasteiger partial charge in [-0.1, -0.05) is 38.0 Å². The maximum absolute atomic E-state index is 14.7. The first kappa shape index (κ1) is 28.1. The minimum absolute atomic E-state index is 0.173. The molecule has 1 saturated heterocycles. The molecule has 0 saturated carbocycles. The van der Waals surface area contributed by atoms with E-state index in [0.29, 0.717) is 33.6 Å². The molecule has 0 spiro atoms. The Balaban J connectivity index is 1.42. The molecule has 11 heteroatoms. The molecule has 2 aromatic carbocycles. The van der Waals surface area contributed by atoms with E-state index in [9.17, 15) is 17.6 Å². The van der Waals surface area contributed by atoms with Crippen molar-refractivity contribution in [3.05, 3.63) is 46.3 Å². The molecule has 0 amide bonds. The van der Waals surface area contributed by atoms with Gasteiger partial charge in [-0.15, -0.1) is 22.7 Å². The predicted octanol–water partition coefficient (Wildman–Crippen LogP) is 6.90. The standard InChI is InChI=1S/C28H29F4N4PS2/c1-36-13-11-20(19(29)15-36)35-22-7-4-6-17-18(14-28(30,31)32)24(39-26(17)22)8-5-12-33-21-9-10-23(37(2)3)25-27(21)38-16-34-25/h4,6-7,9-10,16,19-20,33,35H,11-15H2,1-3H3/t19-,20+/m0/s1. The lowest BCUT2D eigenvalue weighted by Gasteiger charge is -2.33. The van der Waals surface area contributed by atoms with Crippen molar-refractivity contribution in [3.63, 3.8) is 0 Å². The quantitative estimate of drug-likeness (QED) is 0.145. The summed E-state index contributed by atoms with van der Waals surface area (Å²) >= 11 is 2.79. The number of fused-ring (bicyclic) bond motifs is 2. The monoisotopic (exact) mass is 592 g/mol. The lowest BCUT2D eigenvalue weighted by atomic mass is 10.0. The first-order valence-electron chi connectivity index (χ1n) is 12.6. The topological polar surface area (TPSA) is 40.2 Å². The number of rotatable bonds is 6. The Morgan fingerprint density at radius 2 is 1.97 bits per heavy atom. The van der Waals surface area contributed by atoms with Crippen LogP contribution in [-0.4, -0.2) is 68.3 Å². The van der Waals surface area contributed by atoms with Crippen LogP contribution in [-0.2, 0) is 6.42 Å². The van der Waals surface area contributed by atoms with Gasteiger partial charge in [-0.2, -0.15) is 13.2 Å². The van der Waals surface area contributed by atoms with E-state index in [0.717, 1.165) is 22.4 Å². The van der Waals surface area contributed by atoms with Crippen LogP contribution in [0.4, 0.5) is 28.9 Å². The van der Waals surface area contributed by atoms with Crippen molar-refractivity contribution < 1.29 is 17.6 Å². The number of benzene rings is 2. The molecular formula is C28H29F4N4PS2. The minimum atomic E-state index is -4.37. The second-order valence-electron chi connectivity index (χ2n) is 9.91. The van der Waals surface area contributed by atoms with Crippen LogP contribution in [0.1, 0.15) is 16.9 Å². The largest absolute Gasteiger partial charge is 0.393 e. The van der Waals surface area contributed by atoms with Crippen LogP contribution in [0.5, 0.6) is 0 Å². The Morgan fingerprint density at radius 3 is 2.72 bits per heavy atom. The maximum Gasteiger partial charge on any atom is 0.393 e. The van der Waals surface area contributed by atoms with E-state index in [1.165, 1.54) is 16.6 Å². The zero-order valence-electron chi connectivity index (χ0n) is 21.8.